The summed E-state index contributed by atoms with van der Waals surface area (Å²) in [6.45, 7) is 5.14. The molecule has 1 N–H and O–H groups in total. The molecule has 0 aliphatic carbocycles. The molecule has 0 amide bonds. The van der Waals surface area contributed by atoms with Crippen molar-refractivity contribution in [3.8, 4) is 0 Å². The van der Waals surface area contributed by atoms with Crippen molar-refractivity contribution in [2.24, 2.45) is 0 Å². The maximum atomic E-state index is 4.57. The molecule has 0 radical (unpaired) electrons. The van der Waals surface area contributed by atoms with Gasteiger partial charge in [-0.25, -0.2) is 4.98 Å². The summed E-state index contributed by atoms with van der Waals surface area (Å²) in [6, 6.07) is 6.78. The molecule has 0 fully saturated rings. The first-order valence-electron chi connectivity index (χ1n) is 6.19. The molecule has 5 heteroatoms. The molecule has 1 unspecified atom stereocenters. The highest BCUT2D eigenvalue weighted by Gasteiger charge is 2.16. The van der Waals surface area contributed by atoms with Crippen molar-refractivity contribution in [1.29, 1.82) is 0 Å². The molecule has 0 bridgehead atoms. The van der Waals surface area contributed by atoms with E-state index in [0.717, 1.165) is 23.1 Å². The first-order chi connectivity index (χ1) is 9.10. The highest BCUT2D eigenvalue weighted by atomic mass is 127. The second-order valence-corrected chi connectivity index (χ2v) is 7.41. The molecule has 1 aromatic carbocycles. The molecule has 0 aliphatic rings. The average molecular weight is 451 g/mol. The van der Waals surface area contributed by atoms with E-state index in [2.05, 4.69) is 79.3 Å². The van der Waals surface area contributed by atoms with Crippen molar-refractivity contribution in [2.45, 2.75) is 26.3 Å². The molecule has 1 heterocycles. The zero-order valence-corrected chi connectivity index (χ0v) is 15.5. The van der Waals surface area contributed by atoms with Gasteiger partial charge in [-0.15, -0.1) is 11.3 Å². The van der Waals surface area contributed by atoms with E-state index in [-0.39, 0.29) is 0 Å². The van der Waals surface area contributed by atoms with Crippen LogP contribution in [0.2, 0.25) is 0 Å². The summed E-state index contributed by atoms with van der Waals surface area (Å²) in [4.78, 5) is 4.57. The third-order valence-electron chi connectivity index (χ3n) is 2.83. The van der Waals surface area contributed by atoms with Gasteiger partial charge in [-0.05, 0) is 59.8 Å². The standard InChI is InChI=1S/C14H16BrIN2S/c1-3-17-13(7-14-18-9(2)8-19-14)11-6-10(16)4-5-12(11)15/h4-6,8,13,17H,3,7H2,1-2H3. The van der Waals surface area contributed by atoms with Crippen LogP contribution < -0.4 is 5.32 Å². The predicted molar refractivity (Wildman–Crippen MR) is 93.8 cm³/mol. The fraction of sp³-hybridized carbons (Fsp3) is 0.357. The number of benzene rings is 1. The fourth-order valence-corrected chi connectivity index (χ4v) is 3.85. The zero-order valence-electron chi connectivity index (χ0n) is 10.9. The third kappa shape index (κ3) is 4.24. The van der Waals surface area contributed by atoms with Gasteiger partial charge in [-0.1, -0.05) is 22.9 Å². The lowest BCUT2D eigenvalue weighted by Crippen LogP contribution is -2.23. The quantitative estimate of drug-likeness (QED) is 0.667. The van der Waals surface area contributed by atoms with Crippen molar-refractivity contribution < 1.29 is 0 Å². The number of nitrogens with zero attached hydrogens (tertiary/aromatic N) is 1. The van der Waals surface area contributed by atoms with Crippen LogP contribution in [0.5, 0.6) is 0 Å². The van der Waals surface area contributed by atoms with Gasteiger partial charge in [0.25, 0.3) is 0 Å². The molecule has 0 spiro atoms. The molecule has 0 saturated carbocycles. The van der Waals surface area contributed by atoms with E-state index in [4.69, 9.17) is 0 Å². The van der Waals surface area contributed by atoms with Gasteiger partial charge in [0.05, 0.1) is 5.01 Å². The summed E-state index contributed by atoms with van der Waals surface area (Å²) in [5.41, 5.74) is 2.42. The summed E-state index contributed by atoms with van der Waals surface area (Å²) >= 11 is 7.76. The lowest BCUT2D eigenvalue weighted by molar-refractivity contribution is 0.546. The van der Waals surface area contributed by atoms with E-state index in [1.54, 1.807) is 11.3 Å². The summed E-state index contributed by atoms with van der Waals surface area (Å²) in [5.74, 6) is 0. The van der Waals surface area contributed by atoms with Crippen LogP contribution in [-0.2, 0) is 6.42 Å². The average Bonchev–Trinajstić information content (AvgIpc) is 2.77. The molecule has 1 aromatic heterocycles. The van der Waals surface area contributed by atoms with Crippen LogP contribution >= 0.6 is 49.9 Å². The van der Waals surface area contributed by atoms with Gasteiger partial charge < -0.3 is 5.32 Å². The Hall–Kier alpha value is 0.0200. The van der Waals surface area contributed by atoms with Crippen molar-refractivity contribution in [2.75, 3.05) is 6.54 Å². The lowest BCUT2D eigenvalue weighted by Gasteiger charge is -2.19. The Balaban J connectivity index is 2.26. The minimum Gasteiger partial charge on any atom is -0.310 e. The summed E-state index contributed by atoms with van der Waals surface area (Å²) in [6.07, 6.45) is 0.936. The van der Waals surface area contributed by atoms with Crippen LogP contribution in [-0.4, -0.2) is 11.5 Å². The Kier molecular flexibility index (Phi) is 5.80. The number of thiazole rings is 1. The Bertz CT molecular complexity index is 556. The van der Waals surface area contributed by atoms with E-state index in [1.807, 2.05) is 6.92 Å². The Morgan fingerprint density at radius 1 is 1.47 bits per heavy atom. The lowest BCUT2D eigenvalue weighted by atomic mass is 10.0. The molecular formula is C14H16BrIN2S. The zero-order chi connectivity index (χ0) is 13.8. The van der Waals surface area contributed by atoms with Gasteiger partial charge in [0.1, 0.15) is 0 Å². The molecule has 102 valence electrons. The van der Waals surface area contributed by atoms with Gasteiger partial charge in [0.15, 0.2) is 0 Å². The SMILES string of the molecule is CCNC(Cc1nc(C)cs1)c1cc(I)ccc1Br. The number of nitrogens with one attached hydrogen (secondary N) is 1. The first kappa shape index (κ1) is 15.4. The second-order valence-electron chi connectivity index (χ2n) is 4.36. The number of rotatable bonds is 5. The van der Waals surface area contributed by atoms with Crippen LogP contribution in [0, 0.1) is 10.5 Å². The van der Waals surface area contributed by atoms with Gasteiger partial charge in [0, 0.05) is 31.6 Å². The normalized spacial score (nSPS) is 12.6. The number of hydrogen-bond donors (Lipinski definition) is 1. The molecule has 0 saturated heterocycles. The minimum absolute atomic E-state index is 0.305. The van der Waals surface area contributed by atoms with Crippen molar-refractivity contribution >= 4 is 49.9 Å². The molecule has 2 nitrogen and oxygen atoms in total. The van der Waals surface area contributed by atoms with Crippen LogP contribution in [0.15, 0.2) is 28.1 Å². The van der Waals surface area contributed by atoms with Gasteiger partial charge in [0.2, 0.25) is 0 Å². The topological polar surface area (TPSA) is 24.9 Å². The van der Waals surface area contributed by atoms with Crippen molar-refractivity contribution in [3.05, 3.63) is 47.9 Å². The Morgan fingerprint density at radius 2 is 2.26 bits per heavy atom. The number of aryl methyl sites for hydroxylation is 1. The van der Waals surface area contributed by atoms with Crippen LogP contribution in [0.25, 0.3) is 0 Å². The molecule has 0 aliphatic heterocycles. The number of halogens is 2. The van der Waals surface area contributed by atoms with Crippen LogP contribution in [0.1, 0.15) is 29.2 Å². The van der Waals surface area contributed by atoms with E-state index in [1.165, 1.54) is 14.1 Å². The van der Waals surface area contributed by atoms with Crippen LogP contribution in [0.4, 0.5) is 0 Å². The molecule has 2 aromatic rings. The second kappa shape index (κ2) is 7.15. The van der Waals surface area contributed by atoms with Crippen LogP contribution in [0.3, 0.4) is 0 Å². The Morgan fingerprint density at radius 3 is 2.89 bits per heavy atom. The molecule has 19 heavy (non-hydrogen) atoms. The molecule has 2 rings (SSSR count). The van der Waals surface area contributed by atoms with E-state index in [9.17, 15) is 0 Å². The van der Waals surface area contributed by atoms with E-state index < -0.39 is 0 Å². The predicted octanol–water partition coefficient (Wildman–Crippen LogP) is 4.71. The van der Waals surface area contributed by atoms with E-state index >= 15 is 0 Å². The van der Waals surface area contributed by atoms with Gasteiger partial charge in [-0.2, -0.15) is 0 Å². The summed E-state index contributed by atoms with van der Waals surface area (Å²) in [5, 5.41) is 6.86. The maximum Gasteiger partial charge on any atom is 0.0947 e. The van der Waals surface area contributed by atoms with Crippen molar-refractivity contribution in [3.63, 3.8) is 0 Å². The number of aromatic nitrogens is 1. The Labute approximate surface area is 140 Å². The number of likely N-dealkylation sites (N-methyl/N-ethyl adjacent to an activating group) is 1. The van der Waals surface area contributed by atoms with Gasteiger partial charge in [-0.3, -0.25) is 0 Å². The third-order valence-corrected chi connectivity index (χ3v) is 5.21. The highest BCUT2D eigenvalue weighted by Crippen LogP contribution is 2.28. The summed E-state index contributed by atoms with van der Waals surface area (Å²) < 4.78 is 2.42. The van der Waals surface area contributed by atoms with E-state index in [0.29, 0.717) is 6.04 Å². The number of hydrogen-bond acceptors (Lipinski definition) is 3. The summed E-state index contributed by atoms with van der Waals surface area (Å²) in [7, 11) is 0. The monoisotopic (exact) mass is 450 g/mol. The van der Waals surface area contributed by atoms with Gasteiger partial charge >= 0.3 is 0 Å². The first-order valence-corrected chi connectivity index (χ1v) is 8.94. The highest BCUT2D eigenvalue weighted by molar-refractivity contribution is 14.1. The molecule has 1 atom stereocenters. The largest absolute Gasteiger partial charge is 0.310 e. The molecular weight excluding hydrogens is 435 g/mol. The smallest absolute Gasteiger partial charge is 0.0947 e. The maximum absolute atomic E-state index is 4.57. The minimum atomic E-state index is 0.305. The fourth-order valence-electron chi connectivity index (χ4n) is 1.99. The van der Waals surface area contributed by atoms with Crippen molar-refractivity contribution in [1.82, 2.24) is 10.3 Å².